The van der Waals surface area contributed by atoms with E-state index < -0.39 is 10.8 Å². The fourth-order valence-electron chi connectivity index (χ4n) is 5.30. The average Bonchev–Trinajstić information content (AvgIpc) is 3.12. The Morgan fingerprint density at radius 2 is 0.680 bits per heavy atom. The van der Waals surface area contributed by atoms with Gasteiger partial charge in [-0.2, -0.15) is 0 Å². The molecule has 4 aromatic carbocycles. The van der Waals surface area contributed by atoms with Crippen LogP contribution in [0.2, 0.25) is 0 Å². The van der Waals surface area contributed by atoms with Gasteiger partial charge in [0.05, 0.1) is 37.6 Å². The van der Waals surface area contributed by atoms with Crippen molar-refractivity contribution in [3.8, 4) is 23.0 Å². The van der Waals surface area contributed by atoms with Crippen LogP contribution in [0.4, 0.5) is 0 Å². The summed E-state index contributed by atoms with van der Waals surface area (Å²) < 4.78 is 0. The molecule has 0 spiro atoms. The van der Waals surface area contributed by atoms with Crippen molar-refractivity contribution >= 4 is 24.9 Å². The molecule has 1 heterocycles. The second-order valence-corrected chi connectivity index (χ2v) is 12.6. The number of hydrogen-bond acceptors (Lipinski definition) is 9. The van der Waals surface area contributed by atoms with Crippen LogP contribution in [0.15, 0.2) is 135 Å². The van der Waals surface area contributed by atoms with Gasteiger partial charge in [0, 0.05) is 57.9 Å². The number of benzene rings is 4. The van der Waals surface area contributed by atoms with Gasteiger partial charge in [0.15, 0.2) is 0 Å². The molecule has 4 N–H and O–H groups in total. The Hall–Kier alpha value is -6.09. The van der Waals surface area contributed by atoms with Crippen molar-refractivity contribution in [3.05, 3.63) is 149 Å². The first-order valence-electron chi connectivity index (χ1n) is 16.3. The average molecular weight is 668 g/mol. The van der Waals surface area contributed by atoms with E-state index in [1.54, 1.807) is 97.7 Å². The molecule has 0 saturated carbocycles. The van der Waals surface area contributed by atoms with Crippen LogP contribution >= 0.6 is 0 Å². The van der Waals surface area contributed by atoms with Gasteiger partial charge in [-0.15, -0.1) is 0 Å². The SMILES string of the molecule is CC(CN=Cc1ccccc1O)(CN=Cc1ccccc1O)c1cccc(C(C)(CN=Cc2ccccc2O)CN=Cc2ccccc2O)n1. The molecule has 0 radical (unpaired) electrons. The zero-order chi connectivity index (χ0) is 35.4. The number of aromatic nitrogens is 1. The lowest BCUT2D eigenvalue weighted by atomic mass is 9.83. The lowest BCUT2D eigenvalue weighted by molar-refractivity contribution is 0.455. The van der Waals surface area contributed by atoms with Crippen molar-refractivity contribution in [3.63, 3.8) is 0 Å². The molecule has 0 aliphatic heterocycles. The number of aromatic hydroxyl groups is 4. The smallest absolute Gasteiger partial charge is 0.124 e. The van der Waals surface area contributed by atoms with E-state index >= 15 is 0 Å². The fraction of sp³-hybridized carbons (Fsp3) is 0.195. The van der Waals surface area contributed by atoms with E-state index in [0.29, 0.717) is 48.4 Å². The summed E-state index contributed by atoms with van der Waals surface area (Å²) in [5, 5.41) is 41.2. The predicted octanol–water partition coefficient (Wildman–Crippen LogP) is 6.90. The van der Waals surface area contributed by atoms with Crippen LogP contribution in [0.1, 0.15) is 47.5 Å². The third-order valence-electron chi connectivity index (χ3n) is 8.42. The summed E-state index contributed by atoms with van der Waals surface area (Å²) in [6.45, 7) is 5.31. The van der Waals surface area contributed by atoms with E-state index in [2.05, 4.69) is 0 Å². The van der Waals surface area contributed by atoms with Gasteiger partial charge >= 0.3 is 0 Å². The van der Waals surface area contributed by atoms with Crippen molar-refractivity contribution in [1.29, 1.82) is 0 Å². The molecule has 9 heteroatoms. The second-order valence-electron chi connectivity index (χ2n) is 12.6. The number of phenols is 4. The maximum absolute atomic E-state index is 10.3. The minimum Gasteiger partial charge on any atom is -0.507 e. The number of hydrogen-bond donors (Lipinski definition) is 4. The van der Waals surface area contributed by atoms with E-state index in [-0.39, 0.29) is 23.0 Å². The summed E-state index contributed by atoms with van der Waals surface area (Å²) in [5.74, 6) is 0.556. The molecule has 0 amide bonds. The third-order valence-corrected chi connectivity index (χ3v) is 8.42. The molecule has 0 fully saturated rings. The van der Waals surface area contributed by atoms with Gasteiger partial charge in [-0.05, 0) is 60.7 Å². The van der Waals surface area contributed by atoms with E-state index in [9.17, 15) is 20.4 Å². The Labute approximate surface area is 292 Å². The van der Waals surface area contributed by atoms with Crippen molar-refractivity contribution in [2.45, 2.75) is 24.7 Å². The molecule has 0 aliphatic carbocycles. The molecular weight excluding hydrogens is 626 g/mol. The Kier molecular flexibility index (Phi) is 11.5. The van der Waals surface area contributed by atoms with Gasteiger partial charge in [-0.1, -0.05) is 68.4 Å². The third kappa shape index (κ3) is 9.08. The predicted molar refractivity (Wildman–Crippen MR) is 201 cm³/mol. The molecule has 0 aliphatic rings. The molecule has 0 unspecified atom stereocenters. The van der Waals surface area contributed by atoms with Crippen molar-refractivity contribution in [2.75, 3.05) is 26.2 Å². The lowest BCUT2D eigenvalue weighted by Crippen LogP contribution is -2.35. The molecule has 5 rings (SSSR count). The Morgan fingerprint density at radius 1 is 0.420 bits per heavy atom. The number of para-hydroxylation sites is 4. The molecule has 0 atom stereocenters. The van der Waals surface area contributed by atoms with Gasteiger partial charge in [0.25, 0.3) is 0 Å². The summed E-state index contributed by atoms with van der Waals surface area (Å²) in [6.07, 6.45) is 6.59. The summed E-state index contributed by atoms with van der Waals surface area (Å²) in [5.41, 5.74) is 2.54. The zero-order valence-corrected chi connectivity index (χ0v) is 28.1. The van der Waals surface area contributed by atoms with E-state index in [1.807, 2.05) is 56.3 Å². The first kappa shape index (κ1) is 35.2. The Balaban J connectivity index is 1.50. The highest BCUT2D eigenvalue weighted by molar-refractivity contribution is 5.85. The molecule has 9 nitrogen and oxygen atoms in total. The largest absolute Gasteiger partial charge is 0.507 e. The van der Waals surface area contributed by atoms with Crippen molar-refractivity contribution < 1.29 is 20.4 Å². The standard InChI is InChI=1S/C41H41N5O4/c1-40(26-42-22-30-12-3-7-16-34(30)47,27-43-23-31-13-4-8-17-35(31)48)38-20-11-21-39(46-38)41(2,28-44-24-32-14-5-9-18-36(32)49)29-45-25-33-15-6-10-19-37(33)50/h3-25,47-50H,26-29H2,1-2H3. The summed E-state index contributed by atoms with van der Waals surface area (Å²) in [6, 6.07) is 33.9. The maximum Gasteiger partial charge on any atom is 0.124 e. The number of pyridine rings is 1. The quantitative estimate of drug-likeness (QED) is 0.0954. The summed E-state index contributed by atoms with van der Waals surface area (Å²) in [4.78, 5) is 24.1. The van der Waals surface area contributed by atoms with Gasteiger partial charge in [0.1, 0.15) is 23.0 Å². The van der Waals surface area contributed by atoms with Gasteiger partial charge in [-0.25, -0.2) is 0 Å². The van der Waals surface area contributed by atoms with Crippen LogP contribution in [-0.2, 0) is 10.8 Å². The number of aliphatic imine (C=N–C) groups is 4. The van der Waals surface area contributed by atoms with Crippen LogP contribution in [0, 0.1) is 0 Å². The van der Waals surface area contributed by atoms with Crippen molar-refractivity contribution in [2.24, 2.45) is 20.0 Å². The highest BCUT2D eigenvalue weighted by Crippen LogP contribution is 2.30. The van der Waals surface area contributed by atoms with E-state index in [4.69, 9.17) is 25.0 Å². The second kappa shape index (κ2) is 16.3. The minimum absolute atomic E-state index is 0.139. The number of rotatable bonds is 14. The Bertz CT molecular complexity index is 1760. The molecule has 1 aromatic heterocycles. The molecular formula is C41H41N5O4. The number of nitrogens with zero attached hydrogens (tertiary/aromatic N) is 5. The van der Waals surface area contributed by atoms with Crippen LogP contribution in [0.5, 0.6) is 23.0 Å². The van der Waals surface area contributed by atoms with Crippen LogP contribution in [0.3, 0.4) is 0 Å². The highest BCUT2D eigenvalue weighted by atomic mass is 16.3. The monoisotopic (exact) mass is 667 g/mol. The van der Waals surface area contributed by atoms with Gasteiger partial charge in [-0.3, -0.25) is 25.0 Å². The molecule has 0 saturated heterocycles. The van der Waals surface area contributed by atoms with E-state index in [1.165, 1.54) is 0 Å². The summed E-state index contributed by atoms with van der Waals surface area (Å²) >= 11 is 0. The zero-order valence-electron chi connectivity index (χ0n) is 28.1. The molecule has 254 valence electrons. The Morgan fingerprint density at radius 3 is 0.940 bits per heavy atom. The van der Waals surface area contributed by atoms with Gasteiger partial charge in [0.2, 0.25) is 0 Å². The maximum atomic E-state index is 10.3. The first-order valence-corrected chi connectivity index (χ1v) is 16.3. The van der Waals surface area contributed by atoms with Crippen LogP contribution in [0.25, 0.3) is 0 Å². The fourth-order valence-corrected chi connectivity index (χ4v) is 5.30. The number of phenolic OH excluding ortho intramolecular Hbond substituents is 4. The normalized spacial score (nSPS) is 14.4. The minimum atomic E-state index is -0.684. The lowest BCUT2D eigenvalue weighted by Gasteiger charge is -2.30. The van der Waals surface area contributed by atoms with Crippen LogP contribution < -0.4 is 0 Å². The summed E-state index contributed by atoms with van der Waals surface area (Å²) in [7, 11) is 0. The van der Waals surface area contributed by atoms with Crippen molar-refractivity contribution in [1.82, 2.24) is 4.98 Å². The molecule has 50 heavy (non-hydrogen) atoms. The first-order chi connectivity index (χ1) is 24.2. The topological polar surface area (TPSA) is 143 Å². The van der Waals surface area contributed by atoms with Gasteiger partial charge < -0.3 is 20.4 Å². The van der Waals surface area contributed by atoms with Crippen LogP contribution in [-0.4, -0.2) is 76.4 Å². The molecule has 5 aromatic rings. The highest BCUT2D eigenvalue weighted by Gasteiger charge is 2.32. The van der Waals surface area contributed by atoms with E-state index in [0.717, 1.165) is 11.4 Å². The molecule has 0 bridgehead atoms.